The summed E-state index contributed by atoms with van der Waals surface area (Å²) in [4.78, 5) is 29.5. The minimum Gasteiger partial charge on any atom is -0.354 e. The molecule has 1 aromatic heterocycles. The fourth-order valence-electron chi connectivity index (χ4n) is 5.37. The minimum atomic E-state index is -0.176. The standard InChI is InChI=1S/C33H32N4O2S/c38-30(21-27-10-7-19-40-27)34-26-15-16-29-28(20-26)31(33(39)36-29)32(24-8-3-1-4-9-24)35-25-13-11-23(12-14-25)22-37-17-5-2-6-18-37/h1,3-4,7-16,19-20,35H,2,5-6,17-18,21-22H2,(H,34,38)(H,36,39). The molecule has 0 aliphatic carbocycles. The number of hydrogen-bond acceptors (Lipinski definition) is 5. The number of amides is 2. The van der Waals surface area contributed by atoms with Crippen LogP contribution in [0.25, 0.3) is 11.3 Å². The highest BCUT2D eigenvalue weighted by atomic mass is 32.1. The Hall–Kier alpha value is -4.20. The molecule has 0 radical (unpaired) electrons. The molecule has 3 heterocycles. The van der Waals surface area contributed by atoms with Crippen LogP contribution in [-0.2, 0) is 22.6 Å². The molecular weight excluding hydrogens is 516 g/mol. The summed E-state index contributed by atoms with van der Waals surface area (Å²) in [6, 6.07) is 27.8. The van der Waals surface area contributed by atoms with Crippen LogP contribution >= 0.6 is 11.3 Å². The van der Waals surface area contributed by atoms with Gasteiger partial charge in [-0.25, -0.2) is 0 Å². The molecule has 0 atom stereocenters. The number of anilines is 3. The van der Waals surface area contributed by atoms with Crippen LogP contribution in [0.4, 0.5) is 17.1 Å². The number of carbonyl (C=O) groups is 2. The van der Waals surface area contributed by atoms with Crippen molar-refractivity contribution in [3.05, 3.63) is 112 Å². The molecule has 7 heteroatoms. The minimum absolute atomic E-state index is 0.0868. The molecular formula is C33H32N4O2S. The lowest BCUT2D eigenvalue weighted by Gasteiger charge is -2.26. The molecule has 6 nitrogen and oxygen atoms in total. The van der Waals surface area contributed by atoms with Crippen LogP contribution in [0, 0.1) is 0 Å². The number of hydrogen-bond donors (Lipinski definition) is 3. The Bertz CT molecular complexity index is 1520. The quantitative estimate of drug-likeness (QED) is 0.211. The highest BCUT2D eigenvalue weighted by Gasteiger charge is 2.29. The third kappa shape index (κ3) is 6.01. The maximum Gasteiger partial charge on any atom is 0.258 e. The fraction of sp³-hybridized carbons (Fsp3) is 0.212. The molecule has 0 saturated carbocycles. The molecule has 3 aromatic carbocycles. The first-order chi connectivity index (χ1) is 19.6. The Balaban J connectivity index is 1.29. The normalized spacial score (nSPS) is 16.2. The number of nitrogens with zero attached hydrogens (tertiary/aromatic N) is 1. The molecule has 2 amide bonds. The number of thiophene rings is 1. The number of nitrogens with one attached hydrogen (secondary N) is 3. The molecule has 0 unspecified atom stereocenters. The summed E-state index contributed by atoms with van der Waals surface area (Å²) in [6.07, 6.45) is 4.20. The third-order valence-electron chi connectivity index (χ3n) is 7.35. The van der Waals surface area contributed by atoms with Gasteiger partial charge in [-0.2, -0.15) is 0 Å². The van der Waals surface area contributed by atoms with E-state index in [1.807, 2.05) is 66.0 Å². The van der Waals surface area contributed by atoms with E-state index < -0.39 is 0 Å². The second-order valence-corrected chi connectivity index (χ2v) is 11.3. The van der Waals surface area contributed by atoms with E-state index in [0.717, 1.165) is 52.7 Å². The van der Waals surface area contributed by atoms with Gasteiger partial charge in [0.25, 0.3) is 5.91 Å². The van der Waals surface area contributed by atoms with Crippen LogP contribution in [0.15, 0.2) is 90.3 Å². The highest BCUT2D eigenvalue weighted by Crippen LogP contribution is 2.39. The average Bonchev–Trinajstić information content (AvgIpc) is 3.60. The SMILES string of the molecule is O=C(Cc1cccs1)Nc1ccc2c(c1)C(=C(Nc1ccc(CN3CCCCC3)cc1)c1ccccc1)C(=O)N2. The van der Waals surface area contributed by atoms with Gasteiger partial charge in [-0.1, -0.05) is 55.0 Å². The maximum absolute atomic E-state index is 13.4. The van der Waals surface area contributed by atoms with Gasteiger partial charge in [0, 0.05) is 34.0 Å². The molecule has 2 aliphatic rings. The van der Waals surface area contributed by atoms with Crippen molar-refractivity contribution >= 4 is 51.5 Å². The van der Waals surface area contributed by atoms with E-state index in [2.05, 4.69) is 45.1 Å². The number of likely N-dealkylation sites (tertiary alicyclic amines) is 1. The van der Waals surface area contributed by atoms with Crippen molar-refractivity contribution < 1.29 is 9.59 Å². The Labute approximate surface area is 238 Å². The lowest BCUT2D eigenvalue weighted by molar-refractivity contribution is -0.115. The molecule has 0 spiro atoms. The second-order valence-electron chi connectivity index (χ2n) is 10.3. The lowest BCUT2D eigenvalue weighted by atomic mass is 9.99. The second kappa shape index (κ2) is 11.9. The Morgan fingerprint density at radius 3 is 2.38 bits per heavy atom. The van der Waals surface area contributed by atoms with E-state index in [0.29, 0.717) is 17.7 Å². The zero-order valence-electron chi connectivity index (χ0n) is 22.3. The predicted octanol–water partition coefficient (Wildman–Crippen LogP) is 6.85. The molecule has 1 fully saturated rings. The molecule has 2 aliphatic heterocycles. The van der Waals surface area contributed by atoms with E-state index in [9.17, 15) is 9.59 Å². The summed E-state index contributed by atoms with van der Waals surface area (Å²) >= 11 is 1.56. The van der Waals surface area contributed by atoms with E-state index in [1.165, 1.54) is 24.8 Å². The van der Waals surface area contributed by atoms with Crippen LogP contribution in [-0.4, -0.2) is 29.8 Å². The van der Waals surface area contributed by atoms with E-state index in [1.54, 1.807) is 11.3 Å². The summed E-state index contributed by atoms with van der Waals surface area (Å²) in [5.74, 6) is -0.263. The number of piperidine rings is 1. The van der Waals surface area contributed by atoms with Crippen LogP contribution < -0.4 is 16.0 Å². The summed E-state index contributed by atoms with van der Waals surface area (Å²) in [7, 11) is 0. The topological polar surface area (TPSA) is 73.5 Å². The molecule has 202 valence electrons. The molecule has 3 N–H and O–H groups in total. The smallest absolute Gasteiger partial charge is 0.258 e. The van der Waals surface area contributed by atoms with Gasteiger partial charge in [-0.05, 0) is 78.8 Å². The lowest BCUT2D eigenvalue weighted by Crippen LogP contribution is -2.29. The van der Waals surface area contributed by atoms with Gasteiger partial charge in [0.2, 0.25) is 5.91 Å². The van der Waals surface area contributed by atoms with E-state index >= 15 is 0 Å². The van der Waals surface area contributed by atoms with Crippen molar-refractivity contribution in [1.82, 2.24) is 4.90 Å². The van der Waals surface area contributed by atoms with Crippen molar-refractivity contribution in [2.24, 2.45) is 0 Å². The first-order valence-electron chi connectivity index (χ1n) is 13.8. The van der Waals surface area contributed by atoms with E-state index in [4.69, 9.17) is 0 Å². The first kappa shape index (κ1) is 26.0. The molecule has 0 bridgehead atoms. The van der Waals surface area contributed by atoms with Gasteiger partial charge < -0.3 is 16.0 Å². The van der Waals surface area contributed by atoms with Crippen molar-refractivity contribution in [3.8, 4) is 0 Å². The van der Waals surface area contributed by atoms with Crippen LogP contribution in [0.5, 0.6) is 0 Å². The van der Waals surface area contributed by atoms with Gasteiger partial charge in [-0.15, -0.1) is 11.3 Å². The molecule has 6 rings (SSSR count). The molecule has 40 heavy (non-hydrogen) atoms. The molecule has 1 saturated heterocycles. The van der Waals surface area contributed by atoms with Gasteiger partial charge in [-0.3, -0.25) is 14.5 Å². The Morgan fingerprint density at radius 1 is 0.850 bits per heavy atom. The average molecular weight is 549 g/mol. The predicted molar refractivity (Wildman–Crippen MR) is 164 cm³/mol. The Kier molecular flexibility index (Phi) is 7.75. The van der Waals surface area contributed by atoms with Gasteiger partial charge in [0.15, 0.2) is 0 Å². The Morgan fingerprint density at radius 2 is 1.62 bits per heavy atom. The van der Waals surface area contributed by atoms with Crippen molar-refractivity contribution in [2.45, 2.75) is 32.2 Å². The van der Waals surface area contributed by atoms with Crippen molar-refractivity contribution in [1.29, 1.82) is 0 Å². The van der Waals surface area contributed by atoms with Gasteiger partial charge >= 0.3 is 0 Å². The summed E-state index contributed by atoms with van der Waals surface area (Å²) in [5, 5.41) is 11.5. The first-order valence-corrected chi connectivity index (χ1v) is 14.7. The number of fused-ring (bicyclic) bond motifs is 1. The largest absolute Gasteiger partial charge is 0.354 e. The summed E-state index contributed by atoms with van der Waals surface area (Å²) in [6.45, 7) is 3.29. The zero-order chi connectivity index (χ0) is 27.3. The van der Waals surface area contributed by atoms with Gasteiger partial charge in [0.1, 0.15) is 0 Å². The number of carbonyl (C=O) groups excluding carboxylic acids is 2. The third-order valence-corrected chi connectivity index (χ3v) is 8.23. The van der Waals surface area contributed by atoms with Crippen LogP contribution in [0.2, 0.25) is 0 Å². The summed E-state index contributed by atoms with van der Waals surface area (Å²) in [5.41, 5.74) is 6.52. The highest BCUT2D eigenvalue weighted by molar-refractivity contribution is 7.10. The van der Waals surface area contributed by atoms with Crippen LogP contribution in [0.3, 0.4) is 0 Å². The summed E-state index contributed by atoms with van der Waals surface area (Å²) < 4.78 is 0. The van der Waals surface area contributed by atoms with E-state index in [-0.39, 0.29) is 11.8 Å². The fourth-order valence-corrected chi connectivity index (χ4v) is 6.07. The number of rotatable bonds is 8. The van der Waals surface area contributed by atoms with Crippen molar-refractivity contribution in [3.63, 3.8) is 0 Å². The van der Waals surface area contributed by atoms with Crippen LogP contribution in [0.1, 0.15) is 40.8 Å². The maximum atomic E-state index is 13.4. The monoisotopic (exact) mass is 548 g/mol. The number of benzene rings is 3. The molecule has 4 aromatic rings. The van der Waals surface area contributed by atoms with Crippen molar-refractivity contribution in [2.75, 3.05) is 29.0 Å². The van der Waals surface area contributed by atoms with Gasteiger partial charge in [0.05, 0.1) is 17.7 Å². The zero-order valence-corrected chi connectivity index (χ0v) is 23.1.